The number of carbonyl (C=O) groups excluding carboxylic acids is 5. The first kappa shape index (κ1) is 39.5. The van der Waals surface area contributed by atoms with Gasteiger partial charge in [-0.2, -0.15) is 4.57 Å². The number of oxime groups is 1. The van der Waals surface area contributed by atoms with Gasteiger partial charge in [0.25, 0.3) is 17.7 Å². The van der Waals surface area contributed by atoms with Gasteiger partial charge in [-0.1, -0.05) is 5.16 Å². The van der Waals surface area contributed by atoms with Gasteiger partial charge in [-0.3, -0.25) is 24.1 Å². The molecule has 3 aromatic rings. The lowest BCUT2D eigenvalue weighted by molar-refractivity contribution is -0.684. The smallest absolute Gasteiger partial charge is 0.290 e. The van der Waals surface area contributed by atoms with Crippen LogP contribution in [0.4, 0.5) is 15.2 Å². The second kappa shape index (κ2) is 16.4. The number of hydrogen-bond acceptors (Lipinski definition) is 13. The number of phenolic OH excluding ortho intramolecular Hbond substituents is 1. The highest BCUT2D eigenvalue weighted by atomic mass is 35.5. The van der Waals surface area contributed by atoms with Gasteiger partial charge >= 0.3 is 0 Å². The van der Waals surface area contributed by atoms with Crippen molar-refractivity contribution in [2.45, 2.75) is 30.9 Å². The number of carbonyl (C=O) groups is 5. The molecular weight excluding hydrogens is 766 g/mol. The maximum atomic E-state index is 13.5. The minimum absolute atomic E-state index is 0. The van der Waals surface area contributed by atoms with Gasteiger partial charge in [-0.05, 0) is 35.8 Å². The van der Waals surface area contributed by atoms with E-state index in [1.165, 1.54) is 29.3 Å². The molecule has 0 spiro atoms. The molecule has 21 heteroatoms. The van der Waals surface area contributed by atoms with Gasteiger partial charge in [-0.25, -0.2) is 9.37 Å². The average molecular weight is 796 g/mol. The van der Waals surface area contributed by atoms with Crippen LogP contribution >= 0.6 is 47.9 Å². The standard InChI is InChI=1S/C31H27FN8O8S2.2ClH/c32-19-10-18(1-2-21(19)41)34-22(42)12-38-6-3-15(4-7-38)11-39-8-5-16(27(39)44)9-17-13-49-29-24(28(45)40(29)25(17)30(46)47)36-26(43)23(37-48)20-14-50-31(33)35-20;;/h1-4,6-7,9-10,14,24,29H,5,8,11-13H2,(H6-,33,34,35,36,37,41,42,43,46,47,48);2*1H/b16-9+;;/t24-,29-;;/m1../s1. The predicted octanol–water partition coefficient (Wildman–Crippen LogP) is 0.281. The van der Waals surface area contributed by atoms with Crippen molar-refractivity contribution >= 4 is 94.0 Å². The van der Waals surface area contributed by atoms with Crippen molar-refractivity contribution in [3.8, 4) is 5.75 Å². The number of likely N-dealkylation sites (tertiary alicyclic amines) is 1. The Labute approximate surface area is 314 Å². The zero-order valence-electron chi connectivity index (χ0n) is 26.6. The normalized spacial score (nSPS) is 19.0. The van der Waals surface area contributed by atoms with Crippen LogP contribution in [0.15, 0.2) is 76.2 Å². The van der Waals surface area contributed by atoms with Crippen molar-refractivity contribution in [3.63, 3.8) is 0 Å². The Balaban J connectivity index is 0.00000302. The molecule has 3 aliphatic rings. The Morgan fingerprint density at radius 1 is 1.19 bits per heavy atom. The number of pyridine rings is 1. The predicted molar refractivity (Wildman–Crippen MR) is 188 cm³/mol. The number of nitrogen functional groups attached to an aromatic ring is 1. The highest BCUT2D eigenvalue weighted by Crippen LogP contribution is 2.41. The number of aromatic hydroxyl groups is 1. The summed E-state index contributed by atoms with van der Waals surface area (Å²) in [4.78, 5) is 70.3. The van der Waals surface area contributed by atoms with Crippen LogP contribution in [0.5, 0.6) is 5.75 Å². The van der Waals surface area contributed by atoms with E-state index in [1.54, 1.807) is 34.0 Å². The molecule has 1 aromatic carbocycles. The van der Waals surface area contributed by atoms with E-state index in [0.29, 0.717) is 18.5 Å². The molecule has 274 valence electrons. The zero-order chi connectivity index (χ0) is 35.7. The summed E-state index contributed by atoms with van der Waals surface area (Å²) in [6.07, 6.45) is 5.11. The third-order valence-corrected chi connectivity index (χ3v) is 9.99. The third-order valence-electron chi connectivity index (χ3n) is 8.01. The molecule has 3 aliphatic heterocycles. The Kier molecular flexibility index (Phi) is 12.5. The highest BCUT2D eigenvalue weighted by molar-refractivity contribution is 8.00. The van der Waals surface area contributed by atoms with E-state index in [4.69, 9.17) is 5.73 Å². The third kappa shape index (κ3) is 8.12. The Morgan fingerprint density at radius 3 is 2.56 bits per heavy atom. The van der Waals surface area contributed by atoms with Gasteiger partial charge in [-0.15, -0.1) is 47.9 Å². The van der Waals surface area contributed by atoms with Gasteiger partial charge in [0.1, 0.15) is 17.1 Å². The molecule has 4 amide bonds. The van der Waals surface area contributed by atoms with Gasteiger partial charge in [0, 0.05) is 53.7 Å². The number of fused-ring (bicyclic) bond motifs is 1. The molecule has 6 rings (SSSR count). The van der Waals surface area contributed by atoms with Crippen LogP contribution in [0.3, 0.4) is 0 Å². The average Bonchev–Trinajstić information content (AvgIpc) is 3.66. The number of nitrogens with two attached hydrogens (primary N) is 1. The van der Waals surface area contributed by atoms with E-state index in [1.807, 2.05) is 0 Å². The van der Waals surface area contributed by atoms with Gasteiger partial charge < -0.3 is 41.5 Å². The van der Waals surface area contributed by atoms with E-state index in [9.17, 15) is 43.8 Å². The number of rotatable bonds is 10. The van der Waals surface area contributed by atoms with Gasteiger partial charge in [0.15, 0.2) is 34.8 Å². The fourth-order valence-corrected chi connectivity index (χ4v) is 7.45. The number of allylic oxidation sites excluding steroid dienone is 1. The number of phenols is 1. The van der Waals surface area contributed by atoms with Gasteiger partial charge in [0.2, 0.25) is 12.5 Å². The summed E-state index contributed by atoms with van der Waals surface area (Å²) < 4.78 is 15.1. The first-order chi connectivity index (χ1) is 23.9. The number of hydrogen-bond donors (Lipinski definition) is 5. The fourth-order valence-electron chi connectivity index (χ4n) is 5.59. The molecule has 2 fully saturated rings. The van der Waals surface area contributed by atoms with E-state index in [-0.39, 0.29) is 71.6 Å². The minimum atomic E-state index is -1.61. The number of nitrogens with zero attached hydrogens (tertiary/aromatic N) is 5. The zero-order valence-corrected chi connectivity index (χ0v) is 29.8. The molecule has 52 heavy (non-hydrogen) atoms. The lowest BCUT2D eigenvalue weighted by atomic mass is 10.0. The van der Waals surface area contributed by atoms with Crippen LogP contribution in [-0.2, 0) is 37.1 Å². The lowest BCUT2D eigenvalue weighted by Crippen LogP contribution is -2.71. The van der Waals surface area contributed by atoms with Gasteiger partial charge in [0.05, 0.1) is 11.7 Å². The number of carboxylic acids is 1. The number of thiazole rings is 1. The largest absolute Gasteiger partial charge is 0.543 e. The summed E-state index contributed by atoms with van der Waals surface area (Å²) >= 11 is 2.21. The molecule has 2 aromatic heterocycles. The SMILES string of the molecule is Cl.Cl.Nc1nc(/C(=N/O)C(=O)N[C@@H]2C(=O)N3C(C(=O)[O-])=C(/C=C4\CCN(Cc5cc[n+](CC(=O)Nc6ccc(O)c(F)c6)cc5)C4=O)CS[C@H]23)cs1. The number of thioether (sulfide) groups is 1. The first-order valence-electron chi connectivity index (χ1n) is 14.8. The highest BCUT2D eigenvalue weighted by Gasteiger charge is 2.53. The fraction of sp³-hybridized carbons (Fsp3) is 0.226. The molecule has 2 atom stereocenters. The van der Waals surface area contributed by atoms with Crippen LogP contribution in [0, 0.1) is 5.82 Å². The summed E-state index contributed by atoms with van der Waals surface area (Å²) in [5.41, 5.74) is 6.29. The van der Waals surface area contributed by atoms with E-state index in [2.05, 4.69) is 20.8 Å². The number of carboxylic acid groups (broad SMARTS) is 1. The molecular formula is C31H29Cl2FN8O8S2. The molecule has 0 aliphatic carbocycles. The number of amides is 4. The molecule has 16 nitrogen and oxygen atoms in total. The number of halogens is 3. The number of anilines is 2. The minimum Gasteiger partial charge on any atom is -0.543 e. The maximum absolute atomic E-state index is 13.5. The number of nitrogens with one attached hydrogen (secondary N) is 2. The molecule has 0 unspecified atom stereocenters. The monoisotopic (exact) mass is 794 g/mol. The van der Waals surface area contributed by atoms with Crippen molar-refractivity contribution < 1.29 is 48.4 Å². The molecule has 6 N–H and O–H groups in total. The van der Waals surface area contributed by atoms with Crippen LogP contribution in [0.25, 0.3) is 0 Å². The summed E-state index contributed by atoms with van der Waals surface area (Å²) in [6, 6.07) is 5.88. The lowest BCUT2D eigenvalue weighted by Gasteiger charge is -2.50. The van der Waals surface area contributed by atoms with Crippen LogP contribution in [0.1, 0.15) is 17.7 Å². The maximum Gasteiger partial charge on any atom is 0.290 e. The second-order valence-corrected chi connectivity index (χ2v) is 13.3. The summed E-state index contributed by atoms with van der Waals surface area (Å²) in [7, 11) is 0. The van der Waals surface area contributed by atoms with E-state index >= 15 is 0 Å². The summed E-state index contributed by atoms with van der Waals surface area (Å²) in [6.45, 7) is 0.544. The Hall–Kier alpha value is -5.24. The van der Waals surface area contributed by atoms with Crippen LogP contribution in [0.2, 0.25) is 0 Å². The van der Waals surface area contributed by atoms with Crippen molar-refractivity contribution in [1.82, 2.24) is 20.1 Å². The summed E-state index contributed by atoms with van der Waals surface area (Å²) in [5, 5.41) is 39.6. The first-order valence-corrected chi connectivity index (χ1v) is 16.8. The summed E-state index contributed by atoms with van der Waals surface area (Å²) in [5.74, 6) is -5.23. The second-order valence-electron chi connectivity index (χ2n) is 11.3. The topological polar surface area (TPSA) is 235 Å². The molecule has 5 heterocycles. The van der Waals surface area contributed by atoms with Crippen molar-refractivity contribution in [2.24, 2.45) is 5.16 Å². The molecule has 0 saturated carbocycles. The molecule has 2 saturated heterocycles. The quantitative estimate of drug-likeness (QED) is 0.0356. The van der Waals surface area contributed by atoms with E-state index < -0.39 is 58.1 Å². The van der Waals surface area contributed by atoms with Crippen molar-refractivity contribution in [2.75, 3.05) is 23.3 Å². The number of aromatic nitrogens is 2. The van der Waals surface area contributed by atoms with Crippen LogP contribution in [-0.4, -0.2) is 84.1 Å². The number of benzene rings is 1. The van der Waals surface area contributed by atoms with Crippen molar-refractivity contribution in [1.29, 1.82) is 0 Å². The number of β-lactam (4-membered cyclic amide) rings is 1. The Bertz CT molecular complexity index is 2030. The van der Waals surface area contributed by atoms with Crippen LogP contribution < -0.4 is 26.0 Å². The molecule has 0 radical (unpaired) electrons. The van der Waals surface area contributed by atoms with Crippen molar-refractivity contribution in [3.05, 3.63) is 88.1 Å². The Morgan fingerprint density at radius 2 is 1.92 bits per heavy atom. The van der Waals surface area contributed by atoms with E-state index in [0.717, 1.165) is 33.9 Å². The molecule has 0 bridgehead atoms. The number of aliphatic carboxylic acids is 1.